The molecule has 1 heterocycles. The number of benzene rings is 2. The first-order valence-corrected chi connectivity index (χ1v) is 8.51. The van der Waals surface area contributed by atoms with E-state index in [1.54, 1.807) is 30.3 Å². The molecular weight excluding hydrogens is 344 g/mol. The summed E-state index contributed by atoms with van der Waals surface area (Å²) >= 11 is 0. The molecule has 0 fully saturated rings. The number of amides is 2. The van der Waals surface area contributed by atoms with Crippen molar-refractivity contribution in [1.82, 2.24) is 21.0 Å². The number of H-pyrrole nitrogens is 1. The lowest BCUT2D eigenvalue weighted by atomic mass is 10.1. The van der Waals surface area contributed by atoms with Crippen molar-refractivity contribution in [3.63, 3.8) is 0 Å². The van der Waals surface area contributed by atoms with Crippen LogP contribution in [-0.4, -0.2) is 28.1 Å². The number of carbonyl (C=O) groups excluding carboxylic acids is 2. The van der Waals surface area contributed by atoms with Crippen molar-refractivity contribution in [3.8, 4) is 17.0 Å². The molecule has 0 radical (unpaired) electrons. The molecule has 1 aromatic heterocycles. The number of aromatic amines is 1. The number of nitrogens with zero attached hydrogens (tertiary/aromatic N) is 1. The van der Waals surface area contributed by atoms with Gasteiger partial charge >= 0.3 is 0 Å². The summed E-state index contributed by atoms with van der Waals surface area (Å²) in [5.41, 5.74) is 6.93. The van der Waals surface area contributed by atoms with Gasteiger partial charge in [0, 0.05) is 11.1 Å². The van der Waals surface area contributed by atoms with Gasteiger partial charge in [0.2, 0.25) is 0 Å². The van der Waals surface area contributed by atoms with Crippen LogP contribution in [0.2, 0.25) is 0 Å². The van der Waals surface area contributed by atoms with Gasteiger partial charge in [-0.05, 0) is 44.2 Å². The molecule has 0 bridgehead atoms. The Bertz CT molecular complexity index is 918. The van der Waals surface area contributed by atoms with Crippen LogP contribution in [0, 0.1) is 0 Å². The summed E-state index contributed by atoms with van der Waals surface area (Å²) in [6.07, 6.45) is 0.0548. The normalized spacial score (nSPS) is 10.5. The molecule has 0 spiro atoms. The summed E-state index contributed by atoms with van der Waals surface area (Å²) in [5.74, 6) is -0.239. The largest absolute Gasteiger partial charge is 0.491 e. The maximum absolute atomic E-state index is 12.2. The topological polar surface area (TPSA) is 96.1 Å². The van der Waals surface area contributed by atoms with Gasteiger partial charge in [0.05, 0.1) is 11.8 Å². The second-order valence-electron chi connectivity index (χ2n) is 6.13. The van der Waals surface area contributed by atoms with Gasteiger partial charge in [-0.15, -0.1) is 0 Å². The van der Waals surface area contributed by atoms with Gasteiger partial charge in [-0.2, -0.15) is 5.10 Å². The molecule has 27 heavy (non-hydrogen) atoms. The molecule has 0 unspecified atom stereocenters. The predicted molar refractivity (Wildman–Crippen MR) is 101 cm³/mol. The standard InChI is InChI=1S/C20H20N4O3/c1-13(2)27-16-10-8-15(9-11-16)19(25)23-24-20(26)18-12-17(21-22-18)14-6-4-3-5-7-14/h3-13H,1-2H3,(H,21,22)(H,23,25)(H,24,26). The van der Waals surface area contributed by atoms with Crippen molar-refractivity contribution in [2.24, 2.45) is 0 Å². The van der Waals surface area contributed by atoms with Crippen LogP contribution in [-0.2, 0) is 0 Å². The first kappa shape index (κ1) is 18.2. The molecule has 0 aliphatic rings. The quantitative estimate of drug-likeness (QED) is 0.607. The lowest BCUT2D eigenvalue weighted by molar-refractivity contribution is 0.0844. The minimum atomic E-state index is -0.488. The van der Waals surface area contributed by atoms with E-state index in [-0.39, 0.29) is 11.8 Å². The van der Waals surface area contributed by atoms with E-state index in [0.29, 0.717) is 17.0 Å². The summed E-state index contributed by atoms with van der Waals surface area (Å²) in [4.78, 5) is 24.3. The minimum absolute atomic E-state index is 0.0548. The first-order chi connectivity index (χ1) is 13.0. The molecule has 138 valence electrons. The van der Waals surface area contributed by atoms with Crippen molar-refractivity contribution in [1.29, 1.82) is 0 Å². The van der Waals surface area contributed by atoms with E-state index in [4.69, 9.17) is 4.74 Å². The average Bonchev–Trinajstić information content (AvgIpc) is 3.17. The Morgan fingerprint density at radius 2 is 1.63 bits per heavy atom. The predicted octanol–water partition coefficient (Wildman–Crippen LogP) is 2.94. The molecule has 3 aromatic rings. The van der Waals surface area contributed by atoms with Crippen molar-refractivity contribution < 1.29 is 14.3 Å². The SMILES string of the molecule is CC(C)Oc1ccc(C(=O)NNC(=O)c2cc(-c3ccccc3)n[nH]2)cc1. The van der Waals surface area contributed by atoms with E-state index in [2.05, 4.69) is 21.0 Å². The van der Waals surface area contributed by atoms with Crippen LogP contribution in [0.1, 0.15) is 34.7 Å². The number of hydrazine groups is 1. The maximum atomic E-state index is 12.2. The Labute approximate surface area is 156 Å². The molecular formula is C20H20N4O3. The van der Waals surface area contributed by atoms with Crippen LogP contribution in [0.5, 0.6) is 5.75 Å². The molecule has 0 aliphatic carbocycles. The van der Waals surface area contributed by atoms with Crippen LogP contribution in [0.15, 0.2) is 60.7 Å². The van der Waals surface area contributed by atoms with Gasteiger partial charge < -0.3 is 4.74 Å². The van der Waals surface area contributed by atoms with Gasteiger partial charge in [-0.25, -0.2) is 0 Å². The second-order valence-corrected chi connectivity index (χ2v) is 6.13. The molecule has 2 aromatic carbocycles. The van der Waals surface area contributed by atoms with Crippen molar-refractivity contribution in [2.45, 2.75) is 20.0 Å². The zero-order chi connectivity index (χ0) is 19.2. The molecule has 2 amide bonds. The number of hydrogen-bond donors (Lipinski definition) is 3. The van der Waals surface area contributed by atoms with Gasteiger partial charge in [0.1, 0.15) is 11.4 Å². The lowest BCUT2D eigenvalue weighted by Gasteiger charge is -2.10. The zero-order valence-corrected chi connectivity index (χ0v) is 15.0. The van der Waals surface area contributed by atoms with Crippen molar-refractivity contribution in [2.75, 3.05) is 0 Å². The fraction of sp³-hybridized carbons (Fsp3) is 0.150. The number of carbonyl (C=O) groups is 2. The molecule has 0 atom stereocenters. The average molecular weight is 364 g/mol. The number of hydrogen-bond acceptors (Lipinski definition) is 4. The Hall–Kier alpha value is -3.61. The Morgan fingerprint density at radius 3 is 2.30 bits per heavy atom. The minimum Gasteiger partial charge on any atom is -0.491 e. The molecule has 7 nitrogen and oxygen atoms in total. The molecule has 7 heteroatoms. The van der Waals surface area contributed by atoms with Crippen molar-refractivity contribution >= 4 is 11.8 Å². The van der Waals surface area contributed by atoms with Crippen LogP contribution >= 0.6 is 0 Å². The Morgan fingerprint density at radius 1 is 0.963 bits per heavy atom. The smallest absolute Gasteiger partial charge is 0.287 e. The third kappa shape index (κ3) is 4.72. The first-order valence-electron chi connectivity index (χ1n) is 8.51. The highest BCUT2D eigenvalue weighted by Crippen LogP contribution is 2.17. The fourth-order valence-electron chi connectivity index (χ4n) is 2.40. The number of nitrogens with one attached hydrogen (secondary N) is 3. The monoisotopic (exact) mass is 364 g/mol. The summed E-state index contributed by atoms with van der Waals surface area (Å²) in [7, 11) is 0. The van der Waals surface area contributed by atoms with E-state index in [1.807, 2.05) is 44.2 Å². The van der Waals surface area contributed by atoms with E-state index in [1.165, 1.54) is 0 Å². The number of ether oxygens (including phenoxy) is 1. The number of rotatable bonds is 5. The molecule has 0 aliphatic heterocycles. The molecule has 3 N–H and O–H groups in total. The summed E-state index contributed by atoms with van der Waals surface area (Å²) in [5, 5.41) is 6.78. The highest BCUT2D eigenvalue weighted by Gasteiger charge is 2.13. The Balaban J connectivity index is 1.57. The number of aromatic nitrogens is 2. The second kappa shape index (κ2) is 8.18. The fourth-order valence-corrected chi connectivity index (χ4v) is 2.40. The van der Waals surface area contributed by atoms with Crippen LogP contribution < -0.4 is 15.6 Å². The third-order valence-electron chi connectivity index (χ3n) is 3.67. The van der Waals surface area contributed by atoms with E-state index < -0.39 is 11.8 Å². The third-order valence-corrected chi connectivity index (χ3v) is 3.67. The van der Waals surface area contributed by atoms with E-state index in [9.17, 15) is 9.59 Å². The Kier molecular flexibility index (Phi) is 5.51. The van der Waals surface area contributed by atoms with Gasteiger partial charge in [-0.3, -0.25) is 25.5 Å². The maximum Gasteiger partial charge on any atom is 0.287 e. The van der Waals surface area contributed by atoms with Crippen LogP contribution in [0.25, 0.3) is 11.3 Å². The van der Waals surface area contributed by atoms with E-state index in [0.717, 1.165) is 5.56 Å². The summed E-state index contributed by atoms with van der Waals surface area (Å²) in [6, 6.07) is 17.8. The van der Waals surface area contributed by atoms with Gasteiger partial charge in [0.25, 0.3) is 11.8 Å². The highest BCUT2D eigenvalue weighted by molar-refractivity contribution is 5.98. The molecule has 3 rings (SSSR count). The summed E-state index contributed by atoms with van der Waals surface area (Å²) in [6.45, 7) is 3.85. The highest BCUT2D eigenvalue weighted by atomic mass is 16.5. The molecule has 0 saturated carbocycles. The molecule has 0 saturated heterocycles. The van der Waals surface area contributed by atoms with Gasteiger partial charge in [0.15, 0.2) is 0 Å². The van der Waals surface area contributed by atoms with Crippen LogP contribution in [0.3, 0.4) is 0 Å². The lowest BCUT2D eigenvalue weighted by Crippen LogP contribution is -2.41. The van der Waals surface area contributed by atoms with Crippen molar-refractivity contribution in [3.05, 3.63) is 71.9 Å². The van der Waals surface area contributed by atoms with Crippen LogP contribution in [0.4, 0.5) is 0 Å². The zero-order valence-electron chi connectivity index (χ0n) is 15.0. The summed E-state index contributed by atoms with van der Waals surface area (Å²) < 4.78 is 5.53. The van der Waals surface area contributed by atoms with E-state index >= 15 is 0 Å². The van der Waals surface area contributed by atoms with Gasteiger partial charge in [-0.1, -0.05) is 30.3 Å².